The first kappa shape index (κ1) is 24.7. The highest BCUT2D eigenvalue weighted by molar-refractivity contribution is 6.51. The van der Waals surface area contributed by atoms with Gasteiger partial charge in [-0.1, -0.05) is 18.2 Å². The van der Waals surface area contributed by atoms with E-state index in [1.807, 2.05) is 0 Å². The summed E-state index contributed by atoms with van der Waals surface area (Å²) in [6.45, 7) is 3.82. The Labute approximate surface area is 208 Å². The van der Waals surface area contributed by atoms with Gasteiger partial charge in [-0.15, -0.1) is 0 Å². The third-order valence-corrected chi connectivity index (χ3v) is 6.00. The van der Waals surface area contributed by atoms with Crippen molar-refractivity contribution in [2.24, 2.45) is 0 Å². The molecule has 1 aromatic heterocycles. The van der Waals surface area contributed by atoms with Crippen molar-refractivity contribution in [3.8, 4) is 5.75 Å². The van der Waals surface area contributed by atoms with Crippen LogP contribution in [0.3, 0.4) is 0 Å². The molecule has 1 aliphatic rings. The van der Waals surface area contributed by atoms with E-state index in [0.717, 1.165) is 0 Å². The Morgan fingerprint density at radius 1 is 1.11 bits per heavy atom. The summed E-state index contributed by atoms with van der Waals surface area (Å²) in [7, 11) is 1.54. The summed E-state index contributed by atoms with van der Waals surface area (Å²) in [6, 6.07) is 14.4. The molecule has 2 aromatic carbocycles. The second-order valence-corrected chi connectivity index (χ2v) is 8.28. The van der Waals surface area contributed by atoms with E-state index in [1.165, 1.54) is 4.90 Å². The van der Waals surface area contributed by atoms with E-state index in [0.29, 0.717) is 40.3 Å². The van der Waals surface area contributed by atoms with Crippen LogP contribution in [0.2, 0.25) is 0 Å². The lowest BCUT2D eigenvalue weighted by atomic mass is 9.94. The van der Waals surface area contributed by atoms with Gasteiger partial charge in [-0.2, -0.15) is 0 Å². The van der Waals surface area contributed by atoms with Crippen LogP contribution in [0.1, 0.15) is 35.2 Å². The lowest BCUT2D eigenvalue weighted by Gasteiger charge is -2.25. The van der Waals surface area contributed by atoms with E-state index < -0.39 is 17.7 Å². The van der Waals surface area contributed by atoms with Crippen molar-refractivity contribution in [3.05, 3.63) is 94.8 Å². The number of aromatic nitrogens is 1. The van der Waals surface area contributed by atoms with Gasteiger partial charge in [0.1, 0.15) is 11.5 Å². The molecule has 1 atom stereocenters. The number of pyridine rings is 1. The van der Waals surface area contributed by atoms with Gasteiger partial charge >= 0.3 is 5.97 Å². The van der Waals surface area contributed by atoms with E-state index in [2.05, 4.69) is 4.98 Å². The summed E-state index contributed by atoms with van der Waals surface area (Å²) in [5, 5.41) is 11.3. The molecule has 8 heteroatoms. The van der Waals surface area contributed by atoms with E-state index in [1.54, 1.807) is 87.9 Å². The predicted octanol–water partition coefficient (Wildman–Crippen LogP) is 4.13. The number of hydrogen-bond acceptors (Lipinski definition) is 7. The first-order chi connectivity index (χ1) is 17.3. The van der Waals surface area contributed by atoms with Gasteiger partial charge in [0.2, 0.25) is 0 Å². The number of esters is 1. The minimum absolute atomic E-state index is 0.0307. The summed E-state index contributed by atoms with van der Waals surface area (Å²) in [6.07, 6.45) is 3.25. The number of aliphatic hydroxyl groups excluding tert-OH is 1. The number of amides is 1. The van der Waals surface area contributed by atoms with Gasteiger partial charge in [0, 0.05) is 23.6 Å². The quantitative estimate of drug-likeness (QED) is 0.232. The van der Waals surface area contributed by atoms with Crippen molar-refractivity contribution >= 4 is 29.1 Å². The predicted molar refractivity (Wildman–Crippen MR) is 134 cm³/mol. The molecule has 36 heavy (non-hydrogen) atoms. The number of nitrogens with zero attached hydrogens (tertiary/aromatic N) is 2. The molecule has 184 valence electrons. The zero-order chi connectivity index (χ0) is 25.8. The van der Waals surface area contributed by atoms with Crippen LogP contribution in [0.5, 0.6) is 5.75 Å². The molecule has 1 unspecified atom stereocenters. The molecule has 4 rings (SSSR count). The molecule has 0 bridgehead atoms. The maximum Gasteiger partial charge on any atom is 0.310 e. The Morgan fingerprint density at radius 2 is 1.86 bits per heavy atom. The third-order valence-electron chi connectivity index (χ3n) is 6.00. The summed E-state index contributed by atoms with van der Waals surface area (Å²) < 4.78 is 10.2. The smallest absolute Gasteiger partial charge is 0.310 e. The van der Waals surface area contributed by atoms with E-state index in [4.69, 9.17) is 9.47 Å². The van der Waals surface area contributed by atoms with E-state index >= 15 is 0 Å². The molecule has 1 aliphatic heterocycles. The van der Waals surface area contributed by atoms with Crippen LogP contribution in [0.4, 0.5) is 5.69 Å². The molecule has 1 saturated heterocycles. The Balaban J connectivity index is 1.81. The molecule has 1 fully saturated rings. The average Bonchev–Trinajstić information content (AvgIpc) is 3.15. The van der Waals surface area contributed by atoms with Crippen LogP contribution in [0, 0.1) is 6.92 Å². The van der Waals surface area contributed by atoms with Crippen molar-refractivity contribution in [2.75, 3.05) is 18.6 Å². The molecule has 1 N–H and O–H groups in total. The molecular formula is C28H26N2O6. The fourth-order valence-corrected chi connectivity index (χ4v) is 4.28. The molecule has 1 amide bonds. The fraction of sp³-hybridized carbons (Fsp3) is 0.214. The molecule has 2 heterocycles. The number of carbonyl (C=O) groups is 3. The van der Waals surface area contributed by atoms with Crippen molar-refractivity contribution in [1.82, 2.24) is 4.98 Å². The van der Waals surface area contributed by atoms with Gasteiger partial charge in [-0.05, 0) is 66.9 Å². The maximum absolute atomic E-state index is 13.3. The minimum atomic E-state index is -0.892. The molecule has 0 aliphatic carbocycles. The van der Waals surface area contributed by atoms with Gasteiger partial charge in [0.05, 0.1) is 31.8 Å². The summed E-state index contributed by atoms with van der Waals surface area (Å²) in [5.41, 5.74) is 2.81. The van der Waals surface area contributed by atoms with Gasteiger partial charge < -0.3 is 14.6 Å². The SMILES string of the molecule is CCOC(=O)Cc1ccc(N2C(=O)C(=O)/C(=C(\O)c3ccc(OC)cc3C)C2c2cccnc2)cc1. The highest BCUT2D eigenvalue weighted by atomic mass is 16.5. The van der Waals surface area contributed by atoms with Gasteiger partial charge in [0.25, 0.3) is 11.7 Å². The largest absolute Gasteiger partial charge is 0.507 e. The topological polar surface area (TPSA) is 106 Å². The molecule has 0 spiro atoms. The van der Waals surface area contributed by atoms with Crippen molar-refractivity contribution in [1.29, 1.82) is 0 Å². The second kappa shape index (κ2) is 10.4. The highest BCUT2D eigenvalue weighted by Gasteiger charge is 2.47. The first-order valence-electron chi connectivity index (χ1n) is 11.5. The van der Waals surface area contributed by atoms with Gasteiger partial charge in [-0.25, -0.2) is 0 Å². The second-order valence-electron chi connectivity index (χ2n) is 8.28. The molecule has 3 aromatic rings. The summed E-state index contributed by atoms with van der Waals surface area (Å²) in [4.78, 5) is 43.9. The monoisotopic (exact) mass is 486 g/mol. The number of benzene rings is 2. The number of carbonyl (C=O) groups excluding carboxylic acids is 3. The standard InChI is InChI=1S/C28H26N2O6/c1-4-36-23(31)15-18-7-9-20(10-8-18)30-25(19-6-5-13-29-16-19)24(27(33)28(30)34)26(32)22-12-11-21(35-3)14-17(22)2/h5-14,16,25,32H,4,15H2,1-3H3/b26-24-. The van der Waals surface area contributed by atoms with E-state index in [-0.39, 0.29) is 23.7 Å². The third kappa shape index (κ3) is 4.70. The summed E-state index contributed by atoms with van der Waals surface area (Å²) >= 11 is 0. The zero-order valence-electron chi connectivity index (χ0n) is 20.2. The van der Waals surface area contributed by atoms with Crippen molar-refractivity contribution < 1.29 is 29.0 Å². The maximum atomic E-state index is 13.3. The van der Waals surface area contributed by atoms with Crippen LogP contribution in [0.25, 0.3) is 5.76 Å². The summed E-state index contributed by atoms with van der Waals surface area (Å²) in [5.74, 6) is -1.59. The van der Waals surface area contributed by atoms with Crippen LogP contribution >= 0.6 is 0 Å². The van der Waals surface area contributed by atoms with Crippen LogP contribution in [0.15, 0.2) is 72.6 Å². The Hall–Kier alpha value is -4.46. The molecule has 0 saturated carbocycles. The van der Waals surface area contributed by atoms with Crippen LogP contribution in [-0.2, 0) is 25.5 Å². The van der Waals surface area contributed by atoms with Crippen molar-refractivity contribution in [2.45, 2.75) is 26.3 Å². The number of anilines is 1. The van der Waals surface area contributed by atoms with E-state index in [9.17, 15) is 19.5 Å². The first-order valence-corrected chi connectivity index (χ1v) is 11.5. The number of hydrogen-bond donors (Lipinski definition) is 1. The number of aliphatic hydroxyl groups is 1. The number of methoxy groups -OCH3 is 1. The number of ketones is 1. The normalized spacial score (nSPS) is 16.8. The van der Waals surface area contributed by atoms with Crippen molar-refractivity contribution in [3.63, 3.8) is 0 Å². The Kier molecular flexibility index (Phi) is 7.15. The fourth-order valence-electron chi connectivity index (χ4n) is 4.28. The van der Waals surface area contributed by atoms with Crippen LogP contribution in [-0.4, -0.2) is 41.5 Å². The Bertz CT molecular complexity index is 1330. The molecule has 8 nitrogen and oxygen atoms in total. The number of aryl methyl sites for hydroxylation is 1. The zero-order valence-corrected chi connectivity index (χ0v) is 20.2. The number of Topliss-reactive ketones (excluding diaryl/α,β-unsaturated/α-hetero) is 1. The van der Waals surface area contributed by atoms with Gasteiger partial charge in [0.15, 0.2) is 0 Å². The average molecular weight is 487 g/mol. The lowest BCUT2D eigenvalue weighted by Crippen LogP contribution is -2.29. The molecular weight excluding hydrogens is 460 g/mol. The van der Waals surface area contributed by atoms with Gasteiger partial charge in [-0.3, -0.25) is 24.3 Å². The highest BCUT2D eigenvalue weighted by Crippen LogP contribution is 2.42. The molecule has 0 radical (unpaired) electrons. The lowest BCUT2D eigenvalue weighted by molar-refractivity contribution is -0.142. The Morgan fingerprint density at radius 3 is 2.47 bits per heavy atom. The minimum Gasteiger partial charge on any atom is -0.507 e. The number of rotatable bonds is 7. The van der Waals surface area contributed by atoms with Crippen LogP contribution < -0.4 is 9.64 Å². The number of ether oxygens (including phenoxy) is 2.